The number of hydrogen-bond acceptors (Lipinski definition) is 2. The highest BCUT2D eigenvalue weighted by Crippen LogP contribution is 2.14. The summed E-state index contributed by atoms with van der Waals surface area (Å²) in [5.74, 6) is -1.01. The minimum absolute atomic E-state index is 0.0243. The fourth-order valence-corrected chi connectivity index (χ4v) is 1.89. The summed E-state index contributed by atoms with van der Waals surface area (Å²) in [4.78, 5) is 10.9. The van der Waals surface area contributed by atoms with Gasteiger partial charge in [-0.25, -0.2) is 4.39 Å². The van der Waals surface area contributed by atoms with Crippen LogP contribution in [0.25, 0.3) is 0 Å². The molecule has 0 bridgehead atoms. The van der Waals surface area contributed by atoms with E-state index in [1.807, 2.05) is 0 Å². The van der Waals surface area contributed by atoms with Gasteiger partial charge in [-0.15, -0.1) is 0 Å². The zero-order valence-electron chi connectivity index (χ0n) is 11.2. The molecule has 1 amide bonds. The van der Waals surface area contributed by atoms with E-state index in [4.69, 9.17) is 5.73 Å². The number of amides is 1. The molecule has 0 saturated heterocycles. The molecule has 4 heteroatoms. The molecular weight excluding hydrogens is 231 g/mol. The molecule has 0 aliphatic rings. The molecule has 0 fully saturated rings. The van der Waals surface area contributed by atoms with Gasteiger partial charge in [0.05, 0.1) is 0 Å². The van der Waals surface area contributed by atoms with Crippen LogP contribution in [-0.4, -0.2) is 11.4 Å². The number of primary amides is 1. The third-order valence-corrected chi connectivity index (χ3v) is 2.97. The second kappa shape index (κ2) is 5.96. The summed E-state index contributed by atoms with van der Waals surface area (Å²) in [7, 11) is 0. The Balaban J connectivity index is 2.71. The molecule has 1 rings (SSSR count). The van der Waals surface area contributed by atoms with Crippen molar-refractivity contribution in [3.8, 4) is 0 Å². The molecule has 3 nitrogen and oxygen atoms in total. The van der Waals surface area contributed by atoms with Crippen LogP contribution in [0.15, 0.2) is 18.2 Å². The van der Waals surface area contributed by atoms with Crippen molar-refractivity contribution in [1.29, 1.82) is 0 Å². The number of nitrogens with two attached hydrogens (primary N) is 1. The molecule has 0 saturated carbocycles. The number of nitrogens with one attached hydrogen (secondary N) is 1. The van der Waals surface area contributed by atoms with Gasteiger partial charge in [-0.05, 0) is 32.4 Å². The molecule has 18 heavy (non-hydrogen) atoms. The van der Waals surface area contributed by atoms with Crippen LogP contribution in [0.5, 0.6) is 0 Å². The van der Waals surface area contributed by atoms with Crippen LogP contribution in [-0.2, 0) is 6.54 Å². The minimum atomic E-state index is -0.611. The Morgan fingerprint density at radius 2 is 2.11 bits per heavy atom. The van der Waals surface area contributed by atoms with E-state index in [0.29, 0.717) is 12.1 Å². The number of carbonyl (C=O) groups is 1. The molecule has 0 aromatic heterocycles. The van der Waals surface area contributed by atoms with Crippen LogP contribution >= 0.6 is 0 Å². The zero-order chi connectivity index (χ0) is 13.8. The molecule has 1 aromatic rings. The molecule has 0 aliphatic carbocycles. The third-order valence-electron chi connectivity index (χ3n) is 2.97. The highest BCUT2D eigenvalue weighted by molar-refractivity contribution is 5.92. The maximum absolute atomic E-state index is 13.7. The van der Waals surface area contributed by atoms with E-state index < -0.39 is 11.7 Å². The first kappa shape index (κ1) is 14.6. The maximum Gasteiger partial charge on any atom is 0.248 e. The first-order valence-corrected chi connectivity index (χ1v) is 6.19. The molecule has 0 aliphatic heterocycles. The summed E-state index contributed by atoms with van der Waals surface area (Å²) in [6, 6.07) is 4.34. The van der Waals surface area contributed by atoms with Gasteiger partial charge in [0.25, 0.3) is 0 Å². The van der Waals surface area contributed by atoms with Crippen molar-refractivity contribution in [2.45, 2.75) is 45.7 Å². The number of carbonyl (C=O) groups excluding carboxylic acids is 1. The molecule has 100 valence electrons. The van der Waals surface area contributed by atoms with Gasteiger partial charge in [0.15, 0.2) is 0 Å². The van der Waals surface area contributed by atoms with Crippen LogP contribution in [0.1, 0.15) is 49.5 Å². The van der Waals surface area contributed by atoms with E-state index in [0.717, 1.165) is 12.8 Å². The Kier molecular flexibility index (Phi) is 4.84. The largest absolute Gasteiger partial charge is 0.366 e. The Bertz CT molecular complexity index is 430. The van der Waals surface area contributed by atoms with Crippen molar-refractivity contribution in [1.82, 2.24) is 5.32 Å². The topological polar surface area (TPSA) is 55.1 Å². The van der Waals surface area contributed by atoms with Crippen molar-refractivity contribution in [3.05, 3.63) is 35.1 Å². The SMILES string of the molecule is CCCC(C)(C)NCc1ccc(C(N)=O)cc1F. The van der Waals surface area contributed by atoms with Crippen LogP contribution in [0.2, 0.25) is 0 Å². The molecule has 0 radical (unpaired) electrons. The Morgan fingerprint density at radius 3 is 2.61 bits per heavy atom. The zero-order valence-corrected chi connectivity index (χ0v) is 11.2. The first-order chi connectivity index (χ1) is 8.35. The van der Waals surface area contributed by atoms with Crippen LogP contribution in [0.3, 0.4) is 0 Å². The van der Waals surface area contributed by atoms with E-state index in [-0.39, 0.29) is 11.1 Å². The average molecular weight is 252 g/mol. The van der Waals surface area contributed by atoms with E-state index in [1.54, 1.807) is 12.1 Å². The van der Waals surface area contributed by atoms with Crippen molar-refractivity contribution >= 4 is 5.91 Å². The van der Waals surface area contributed by atoms with Crippen molar-refractivity contribution in [3.63, 3.8) is 0 Å². The van der Waals surface area contributed by atoms with E-state index in [1.165, 1.54) is 6.07 Å². The van der Waals surface area contributed by atoms with Gasteiger partial charge in [0.1, 0.15) is 5.82 Å². The van der Waals surface area contributed by atoms with Crippen molar-refractivity contribution < 1.29 is 9.18 Å². The standard InChI is InChI=1S/C14H21FN2O/c1-4-7-14(2,3)17-9-11-6-5-10(13(16)18)8-12(11)15/h5-6,8,17H,4,7,9H2,1-3H3,(H2,16,18). The second-order valence-electron chi connectivity index (χ2n) is 5.16. The fourth-order valence-electron chi connectivity index (χ4n) is 1.89. The van der Waals surface area contributed by atoms with Gasteiger partial charge in [-0.1, -0.05) is 19.4 Å². The molecular formula is C14H21FN2O. The molecule has 1 aromatic carbocycles. The minimum Gasteiger partial charge on any atom is -0.366 e. The van der Waals surface area contributed by atoms with Crippen molar-refractivity contribution in [2.24, 2.45) is 5.73 Å². The van der Waals surface area contributed by atoms with Gasteiger partial charge in [0, 0.05) is 23.2 Å². The Hall–Kier alpha value is -1.42. The maximum atomic E-state index is 13.7. The van der Waals surface area contributed by atoms with Crippen LogP contribution < -0.4 is 11.1 Å². The molecule has 0 spiro atoms. The quantitative estimate of drug-likeness (QED) is 0.817. The molecule has 0 atom stereocenters. The lowest BCUT2D eigenvalue weighted by Crippen LogP contribution is -2.38. The van der Waals surface area contributed by atoms with Gasteiger partial charge in [-0.3, -0.25) is 4.79 Å². The molecule has 3 N–H and O–H groups in total. The lowest BCUT2D eigenvalue weighted by molar-refractivity contribution is 0.1000. The van der Waals surface area contributed by atoms with Crippen molar-refractivity contribution in [2.75, 3.05) is 0 Å². The summed E-state index contributed by atoms with van der Waals surface area (Å²) < 4.78 is 13.7. The summed E-state index contributed by atoms with van der Waals surface area (Å²) in [5.41, 5.74) is 5.81. The van der Waals surface area contributed by atoms with E-state index in [9.17, 15) is 9.18 Å². The van der Waals surface area contributed by atoms with Gasteiger partial charge in [0.2, 0.25) is 5.91 Å². The number of hydrogen-bond donors (Lipinski definition) is 2. The molecule has 0 unspecified atom stereocenters. The smallest absolute Gasteiger partial charge is 0.248 e. The summed E-state index contributed by atoms with van der Waals surface area (Å²) in [6.07, 6.45) is 2.09. The van der Waals surface area contributed by atoms with Gasteiger partial charge < -0.3 is 11.1 Å². The van der Waals surface area contributed by atoms with Crippen LogP contribution in [0.4, 0.5) is 4.39 Å². The Morgan fingerprint density at radius 1 is 1.44 bits per heavy atom. The normalized spacial score (nSPS) is 11.6. The molecule has 0 heterocycles. The number of halogens is 1. The fraction of sp³-hybridized carbons (Fsp3) is 0.500. The van der Waals surface area contributed by atoms with Gasteiger partial charge >= 0.3 is 0 Å². The highest BCUT2D eigenvalue weighted by atomic mass is 19.1. The lowest BCUT2D eigenvalue weighted by Gasteiger charge is -2.26. The predicted octanol–water partition coefficient (Wildman–Crippen LogP) is 2.59. The van der Waals surface area contributed by atoms with E-state index in [2.05, 4.69) is 26.1 Å². The predicted molar refractivity (Wildman–Crippen MR) is 70.7 cm³/mol. The summed E-state index contributed by atoms with van der Waals surface area (Å²) in [5, 5.41) is 3.31. The third kappa shape index (κ3) is 4.11. The Labute approximate surface area is 108 Å². The lowest BCUT2D eigenvalue weighted by atomic mass is 9.98. The second-order valence-corrected chi connectivity index (χ2v) is 5.16. The van der Waals surface area contributed by atoms with Crippen LogP contribution in [0, 0.1) is 5.82 Å². The monoisotopic (exact) mass is 252 g/mol. The number of benzene rings is 1. The summed E-state index contributed by atoms with van der Waals surface area (Å²) in [6.45, 7) is 6.74. The average Bonchev–Trinajstić information content (AvgIpc) is 2.27. The van der Waals surface area contributed by atoms with E-state index >= 15 is 0 Å². The summed E-state index contributed by atoms with van der Waals surface area (Å²) >= 11 is 0. The number of rotatable bonds is 6. The van der Waals surface area contributed by atoms with Gasteiger partial charge in [-0.2, -0.15) is 0 Å². The first-order valence-electron chi connectivity index (χ1n) is 6.19. The highest BCUT2D eigenvalue weighted by Gasteiger charge is 2.16.